The summed E-state index contributed by atoms with van der Waals surface area (Å²) in [4.78, 5) is 28.2. The van der Waals surface area contributed by atoms with Crippen molar-refractivity contribution < 1.29 is 0 Å². The van der Waals surface area contributed by atoms with Gasteiger partial charge in [0.1, 0.15) is 0 Å². The number of aliphatic imine (C=N–C) groups is 3. The minimum absolute atomic E-state index is 0.456. The van der Waals surface area contributed by atoms with E-state index in [0.29, 0.717) is 18.1 Å². The normalized spacial score (nSPS) is 19.6. The number of nitrogens with one attached hydrogen (secondary N) is 3. The van der Waals surface area contributed by atoms with Crippen molar-refractivity contribution >= 4 is 66.4 Å². The predicted octanol–water partition coefficient (Wildman–Crippen LogP) is 10.4. The van der Waals surface area contributed by atoms with Gasteiger partial charge in [-0.15, -0.1) is 0 Å². The molecule has 0 amide bonds. The first-order valence-corrected chi connectivity index (χ1v) is 19.8. The number of hydrogen-bond acceptors (Lipinski definition) is 4. The van der Waals surface area contributed by atoms with Gasteiger partial charge in [-0.2, -0.15) is 0 Å². The van der Waals surface area contributed by atoms with Crippen LogP contribution in [0.3, 0.4) is 0 Å². The highest BCUT2D eigenvalue weighted by Crippen LogP contribution is 2.28. The molecule has 3 saturated carbocycles. The average Bonchev–Trinajstić information content (AvgIpc) is 3.74. The van der Waals surface area contributed by atoms with Crippen LogP contribution in [0.25, 0.3) is 0 Å². The fourth-order valence-electron chi connectivity index (χ4n) is 7.12. The lowest BCUT2D eigenvalue weighted by Crippen LogP contribution is -2.24. The molecule has 0 atom stereocenters. The first kappa shape index (κ1) is 34.1. The summed E-state index contributed by atoms with van der Waals surface area (Å²) in [5.41, 5.74) is 6.60. The molecule has 0 unspecified atom stereocenters. The summed E-state index contributed by atoms with van der Waals surface area (Å²) in [5.74, 6) is 0. The molecule has 3 aromatic heterocycles. The molecule has 0 aromatic carbocycles. The van der Waals surface area contributed by atoms with Crippen LogP contribution in [0.4, 0.5) is 0 Å². The Hall–Kier alpha value is -1.75. The van der Waals surface area contributed by atoms with E-state index in [1.54, 1.807) is 0 Å². The minimum Gasteiger partial charge on any atom is -0.356 e. The molecule has 0 radical (unpaired) electrons. The fourth-order valence-corrected chi connectivity index (χ4v) is 8.53. The Balaban J connectivity index is 1.19. The maximum absolute atomic E-state index is 4.92. The molecular formula is C36H48Br3N7. The molecular weight excluding hydrogens is 770 g/mol. The van der Waals surface area contributed by atoms with Gasteiger partial charge in [-0.05, 0) is 105 Å². The quantitative estimate of drug-likeness (QED) is 0.156. The third kappa shape index (κ3) is 9.89. The second-order valence-electron chi connectivity index (χ2n) is 13.5. The van der Waals surface area contributed by atoms with Crippen LogP contribution in [0.2, 0.25) is 0 Å². The zero-order chi connectivity index (χ0) is 31.7. The van der Waals surface area contributed by atoms with Gasteiger partial charge >= 0.3 is 0 Å². The highest BCUT2D eigenvalue weighted by Gasteiger charge is 2.19. The molecule has 3 aromatic rings. The van der Waals surface area contributed by atoms with E-state index in [4.69, 9.17) is 15.0 Å². The molecule has 0 saturated heterocycles. The molecule has 10 heteroatoms. The Morgan fingerprint density at radius 2 is 0.783 bits per heavy atom. The molecule has 46 heavy (non-hydrogen) atoms. The molecule has 248 valence electrons. The van der Waals surface area contributed by atoms with E-state index in [1.807, 2.05) is 18.6 Å². The zero-order valence-electron chi connectivity index (χ0n) is 26.8. The van der Waals surface area contributed by atoms with Crippen molar-refractivity contribution in [3.63, 3.8) is 0 Å². The topological polar surface area (TPSA) is 87.7 Å². The standard InChI is InChI=1S/C36H48Br3N7/c37-31-16-28(19-40-25-10-4-1-5-11-25)43-34(31)22-46(23-35-32(38)17-29(44-35)20-41-26-12-6-2-7-13-26)24-36-33(39)18-30(45-36)21-42-27-14-8-3-9-15-27/h16-21,25-27,43-45H,1-15,22-24H2. The first-order valence-electron chi connectivity index (χ1n) is 17.4. The second kappa shape index (κ2) is 17.1. The second-order valence-corrected chi connectivity index (χ2v) is 16.1. The molecule has 7 nitrogen and oxygen atoms in total. The zero-order valence-corrected chi connectivity index (χ0v) is 31.6. The Bertz CT molecular complexity index is 1300. The van der Waals surface area contributed by atoms with Gasteiger partial charge in [-0.25, -0.2) is 0 Å². The Labute approximate surface area is 299 Å². The van der Waals surface area contributed by atoms with Crippen LogP contribution >= 0.6 is 47.8 Å². The minimum atomic E-state index is 0.456. The highest BCUT2D eigenvalue weighted by atomic mass is 79.9. The third-order valence-corrected chi connectivity index (χ3v) is 11.9. The van der Waals surface area contributed by atoms with Crippen molar-refractivity contribution in [2.75, 3.05) is 0 Å². The summed E-state index contributed by atoms with van der Waals surface area (Å²) in [6.45, 7) is 2.23. The number of hydrogen-bond donors (Lipinski definition) is 3. The Kier molecular flexibility index (Phi) is 12.7. The van der Waals surface area contributed by atoms with Gasteiger partial charge in [0.05, 0.1) is 35.2 Å². The van der Waals surface area contributed by atoms with Crippen LogP contribution in [0.15, 0.2) is 46.6 Å². The Morgan fingerprint density at radius 1 is 0.500 bits per heavy atom. The lowest BCUT2D eigenvalue weighted by molar-refractivity contribution is 0.238. The highest BCUT2D eigenvalue weighted by molar-refractivity contribution is 9.11. The number of H-pyrrole nitrogens is 3. The van der Waals surface area contributed by atoms with Crippen molar-refractivity contribution in [3.05, 3.63) is 65.8 Å². The van der Waals surface area contributed by atoms with Gasteiger partial charge in [0.2, 0.25) is 0 Å². The molecule has 3 N–H and O–H groups in total. The monoisotopic (exact) mass is 815 g/mol. The van der Waals surface area contributed by atoms with Crippen LogP contribution in [-0.4, -0.2) is 56.6 Å². The van der Waals surface area contributed by atoms with E-state index in [0.717, 1.165) is 67.2 Å². The van der Waals surface area contributed by atoms with E-state index in [-0.39, 0.29) is 0 Å². The maximum atomic E-state index is 4.92. The molecule has 0 spiro atoms. The molecule has 3 aliphatic rings. The molecule has 6 rings (SSSR count). The van der Waals surface area contributed by atoms with Gasteiger partial charge in [-0.1, -0.05) is 57.8 Å². The van der Waals surface area contributed by atoms with Crippen LogP contribution in [0.1, 0.15) is 130 Å². The summed E-state index contributed by atoms with van der Waals surface area (Å²) in [6, 6.07) is 7.85. The first-order chi connectivity index (χ1) is 22.5. The number of aromatic nitrogens is 3. The van der Waals surface area contributed by atoms with E-state index < -0.39 is 0 Å². The van der Waals surface area contributed by atoms with Crippen LogP contribution in [0, 0.1) is 0 Å². The number of nitrogens with zero attached hydrogens (tertiary/aromatic N) is 4. The number of halogens is 3. The Morgan fingerprint density at radius 3 is 1.07 bits per heavy atom. The van der Waals surface area contributed by atoms with Gasteiger partial charge in [0.25, 0.3) is 0 Å². The molecule has 3 aliphatic carbocycles. The van der Waals surface area contributed by atoms with Gasteiger partial charge in [0.15, 0.2) is 0 Å². The van der Waals surface area contributed by atoms with Crippen molar-refractivity contribution in [2.45, 2.75) is 134 Å². The summed E-state index contributed by atoms with van der Waals surface area (Å²) < 4.78 is 3.25. The summed E-state index contributed by atoms with van der Waals surface area (Å²) in [5, 5.41) is 0. The SMILES string of the molecule is Brc1cc(C=NC2CCCCC2)[nH]c1CN(Cc1[nH]c(C=NC2CCCCC2)cc1Br)Cc1[nH]c(C=NC2CCCCC2)cc1Br. The van der Waals surface area contributed by atoms with Gasteiger partial charge < -0.3 is 15.0 Å². The van der Waals surface area contributed by atoms with Gasteiger partial charge in [0, 0.05) is 68.8 Å². The fraction of sp³-hybridized carbons (Fsp3) is 0.583. The largest absolute Gasteiger partial charge is 0.356 e. The smallest absolute Gasteiger partial charge is 0.0576 e. The summed E-state index contributed by atoms with van der Waals surface area (Å²) in [6.07, 6.45) is 25.1. The lowest BCUT2D eigenvalue weighted by atomic mass is 9.96. The summed E-state index contributed by atoms with van der Waals surface area (Å²) in [7, 11) is 0. The average molecular weight is 819 g/mol. The molecule has 0 aliphatic heterocycles. The molecule has 3 fully saturated rings. The maximum Gasteiger partial charge on any atom is 0.0576 e. The van der Waals surface area contributed by atoms with Crippen LogP contribution in [0.5, 0.6) is 0 Å². The van der Waals surface area contributed by atoms with Crippen molar-refractivity contribution in [1.29, 1.82) is 0 Å². The summed E-state index contributed by atoms with van der Waals surface area (Å²) >= 11 is 11.5. The van der Waals surface area contributed by atoms with Crippen molar-refractivity contribution in [1.82, 2.24) is 19.9 Å². The van der Waals surface area contributed by atoms with Crippen molar-refractivity contribution in [3.8, 4) is 0 Å². The van der Waals surface area contributed by atoms with E-state index in [2.05, 4.69) is 85.8 Å². The molecule has 0 bridgehead atoms. The van der Waals surface area contributed by atoms with E-state index >= 15 is 0 Å². The van der Waals surface area contributed by atoms with Crippen LogP contribution in [-0.2, 0) is 19.6 Å². The predicted molar refractivity (Wildman–Crippen MR) is 202 cm³/mol. The van der Waals surface area contributed by atoms with Crippen molar-refractivity contribution in [2.24, 2.45) is 15.0 Å². The lowest BCUT2D eigenvalue weighted by Gasteiger charge is -2.22. The van der Waals surface area contributed by atoms with E-state index in [9.17, 15) is 0 Å². The number of aromatic amines is 3. The van der Waals surface area contributed by atoms with Crippen LogP contribution < -0.4 is 0 Å². The third-order valence-electron chi connectivity index (χ3n) is 9.74. The van der Waals surface area contributed by atoms with E-state index in [1.165, 1.54) is 96.3 Å². The number of rotatable bonds is 12. The van der Waals surface area contributed by atoms with Gasteiger partial charge in [-0.3, -0.25) is 19.9 Å². The molecule has 3 heterocycles.